The Labute approximate surface area is 164 Å². The maximum Gasteiger partial charge on any atom is 0.410 e. The van der Waals surface area contributed by atoms with E-state index in [0.29, 0.717) is 18.9 Å². The Balaban J connectivity index is 1.76. The van der Waals surface area contributed by atoms with Gasteiger partial charge in [-0.1, -0.05) is 30.3 Å². The molecule has 1 aliphatic rings. The van der Waals surface area contributed by atoms with Crippen molar-refractivity contribution >= 4 is 6.09 Å². The Morgan fingerprint density at radius 1 is 1.07 bits per heavy atom. The van der Waals surface area contributed by atoms with Crippen LogP contribution in [0.15, 0.2) is 42.6 Å². The molecule has 0 unspecified atom stereocenters. The molecule has 0 N–H and O–H groups in total. The van der Waals surface area contributed by atoms with Gasteiger partial charge in [-0.05, 0) is 26.8 Å². The number of carbonyl (C=O) groups is 1. The largest absolute Gasteiger partial charge is 0.444 e. The standard InChI is InChI=1S/C21H23N5O2/c1-21(2,3)28-20(27)26-12-15-17(13-26)22-19(14-8-6-5-7-9-14)23-18(15)16-10-11-25(4)24-16/h5-11H,12-13H2,1-4H3. The van der Waals surface area contributed by atoms with E-state index in [4.69, 9.17) is 14.7 Å². The van der Waals surface area contributed by atoms with Gasteiger partial charge >= 0.3 is 6.09 Å². The minimum absolute atomic E-state index is 0.348. The topological polar surface area (TPSA) is 73.1 Å². The van der Waals surface area contributed by atoms with Gasteiger partial charge in [0.25, 0.3) is 0 Å². The normalized spacial score (nSPS) is 13.5. The Morgan fingerprint density at radius 3 is 2.46 bits per heavy atom. The summed E-state index contributed by atoms with van der Waals surface area (Å²) >= 11 is 0. The number of aryl methyl sites for hydroxylation is 1. The smallest absolute Gasteiger partial charge is 0.410 e. The lowest BCUT2D eigenvalue weighted by Gasteiger charge is -2.24. The zero-order valence-corrected chi connectivity index (χ0v) is 16.5. The van der Waals surface area contributed by atoms with Gasteiger partial charge in [0.05, 0.1) is 24.5 Å². The minimum Gasteiger partial charge on any atom is -0.444 e. The van der Waals surface area contributed by atoms with Crippen LogP contribution < -0.4 is 0 Å². The van der Waals surface area contributed by atoms with E-state index in [0.717, 1.165) is 28.2 Å². The van der Waals surface area contributed by atoms with Gasteiger partial charge in [0, 0.05) is 24.4 Å². The molecule has 3 aromatic rings. The van der Waals surface area contributed by atoms with E-state index in [1.54, 1.807) is 9.58 Å². The molecule has 2 aromatic heterocycles. The molecule has 7 nitrogen and oxygen atoms in total. The SMILES string of the molecule is Cn1ccc(-c2nc(-c3ccccc3)nc3c2CN(C(=O)OC(C)(C)C)C3)n1. The van der Waals surface area contributed by atoms with Gasteiger partial charge in [0.15, 0.2) is 5.82 Å². The molecular formula is C21H23N5O2. The van der Waals surface area contributed by atoms with Crippen molar-refractivity contribution in [3.63, 3.8) is 0 Å². The maximum atomic E-state index is 12.6. The second-order valence-electron chi connectivity index (χ2n) is 7.90. The maximum absolute atomic E-state index is 12.6. The van der Waals surface area contributed by atoms with Gasteiger partial charge in [-0.15, -0.1) is 0 Å². The number of carbonyl (C=O) groups excluding carboxylic acids is 1. The van der Waals surface area contributed by atoms with Crippen LogP contribution >= 0.6 is 0 Å². The van der Waals surface area contributed by atoms with Crippen LogP contribution in [0.2, 0.25) is 0 Å². The molecule has 144 valence electrons. The van der Waals surface area contributed by atoms with Crippen LogP contribution in [-0.4, -0.2) is 36.3 Å². The van der Waals surface area contributed by atoms with E-state index in [-0.39, 0.29) is 6.09 Å². The molecule has 1 aliphatic heterocycles. The molecule has 0 saturated heterocycles. The highest BCUT2D eigenvalue weighted by atomic mass is 16.6. The van der Waals surface area contributed by atoms with Crippen molar-refractivity contribution in [2.75, 3.05) is 0 Å². The van der Waals surface area contributed by atoms with Gasteiger partial charge < -0.3 is 4.74 Å². The van der Waals surface area contributed by atoms with Crippen molar-refractivity contribution in [1.29, 1.82) is 0 Å². The number of rotatable bonds is 2. The summed E-state index contributed by atoms with van der Waals surface area (Å²) in [6.45, 7) is 6.39. The van der Waals surface area contributed by atoms with Crippen LogP contribution in [0, 0.1) is 0 Å². The number of nitrogens with zero attached hydrogens (tertiary/aromatic N) is 5. The third-order valence-electron chi connectivity index (χ3n) is 4.42. The summed E-state index contributed by atoms with van der Waals surface area (Å²) in [6.07, 6.45) is 1.53. The molecule has 0 spiro atoms. The first kappa shape index (κ1) is 18.2. The van der Waals surface area contributed by atoms with E-state index in [2.05, 4.69) is 5.10 Å². The first-order valence-corrected chi connectivity index (χ1v) is 9.23. The van der Waals surface area contributed by atoms with E-state index in [9.17, 15) is 4.79 Å². The predicted octanol–water partition coefficient (Wildman–Crippen LogP) is 3.79. The molecule has 28 heavy (non-hydrogen) atoms. The highest BCUT2D eigenvalue weighted by Gasteiger charge is 2.32. The van der Waals surface area contributed by atoms with E-state index in [1.165, 1.54) is 0 Å². The summed E-state index contributed by atoms with van der Waals surface area (Å²) in [4.78, 5) is 23.8. The molecule has 1 aromatic carbocycles. The fourth-order valence-corrected chi connectivity index (χ4v) is 3.18. The fraction of sp³-hybridized carbons (Fsp3) is 0.333. The highest BCUT2D eigenvalue weighted by molar-refractivity contribution is 5.72. The molecule has 0 bridgehead atoms. The van der Waals surface area contributed by atoms with Gasteiger partial charge in [0.1, 0.15) is 11.3 Å². The first-order valence-electron chi connectivity index (χ1n) is 9.23. The van der Waals surface area contributed by atoms with Gasteiger partial charge in [-0.2, -0.15) is 5.10 Å². The molecule has 0 aliphatic carbocycles. The van der Waals surface area contributed by atoms with Crippen molar-refractivity contribution in [3.8, 4) is 22.8 Å². The number of fused-ring (bicyclic) bond motifs is 1. The number of aromatic nitrogens is 4. The van der Waals surface area contributed by atoms with E-state index >= 15 is 0 Å². The van der Waals surface area contributed by atoms with Crippen molar-refractivity contribution < 1.29 is 9.53 Å². The number of amides is 1. The number of ether oxygens (including phenoxy) is 1. The summed E-state index contributed by atoms with van der Waals surface area (Å²) in [5.41, 5.74) is 3.67. The molecule has 0 atom stereocenters. The van der Waals surface area contributed by atoms with Gasteiger partial charge in [0.2, 0.25) is 0 Å². The van der Waals surface area contributed by atoms with Gasteiger partial charge in [-0.3, -0.25) is 9.58 Å². The fourth-order valence-electron chi connectivity index (χ4n) is 3.18. The lowest BCUT2D eigenvalue weighted by Crippen LogP contribution is -2.33. The lowest BCUT2D eigenvalue weighted by atomic mass is 10.1. The van der Waals surface area contributed by atoms with Crippen LogP contribution in [0.25, 0.3) is 22.8 Å². The summed E-state index contributed by atoms with van der Waals surface area (Å²) in [5.74, 6) is 0.631. The average molecular weight is 377 g/mol. The number of benzene rings is 1. The summed E-state index contributed by atoms with van der Waals surface area (Å²) in [6, 6.07) is 11.8. The van der Waals surface area contributed by atoms with Crippen molar-refractivity contribution in [2.45, 2.75) is 39.5 Å². The Morgan fingerprint density at radius 2 is 1.82 bits per heavy atom. The number of hydrogen-bond acceptors (Lipinski definition) is 5. The molecule has 0 saturated carbocycles. The second kappa shape index (κ2) is 6.74. The van der Waals surface area contributed by atoms with Crippen LogP contribution in [0.3, 0.4) is 0 Å². The third-order valence-corrected chi connectivity index (χ3v) is 4.42. The summed E-state index contributed by atoms with van der Waals surface area (Å²) in [5, 5.41) is 4.51. The third kappa shape index (κ3) is 3.60. The average Bonchev–Trinajstić information content (AvgIpc) is 3.26. The molecule has 4 rings (SSSR count). The monoisotopic (exact) mass is 377 g/mol. The molecule has 7 heteroatoms. The molecule has 0 fully saturated rings. The Bertz CT molecular complexity index is 1020. The lowest BCUT2D eigenvalue weighted by molar-refractivity contribution is 0.0241. The van der Waals surface area contributed by atoms with Crippen LogP contribution in [0.1, 0.15) is 32.0 Å². The van der Waals surface area contributed by atoms with Gasteiger partial charge in [-0.25, -0.2) is 14.8 Å². The quantitative estimate of drug-likeness (QED) is 0.679. The predicted molar refractivity (Wildman–Crippen MR) is 105 cm³/mol. The molecule has 3 heterocycles. The van der Waals surface area contributed by atoms with Crippen molar-refractivity contribution in [1.82, 2.24) is 24.6 Å². The van der Waals surface area contributed by atoms with Crippen molar-refractivity contribution in [3.05, 3.63) is 53.9 Å². The molecule has 1 amide bonds. The van der Waals surface area contributed by atoms with Crippen LogP contribution in [-0.2, 0) is 24.9 Å². The Kier molecular flexibility index (Phi) is 4.37. The van der Waals surface area contributed by atoms with Crippen LogP contribution in [0.4, 0.5) is 4.79 Å². The minimum atomic E-state index is -0.545. The van der Waals surface area contributed by atoms with E-state index in [1.807, 2.05) is 70.4 Å². The summed E-state index contributed by atoms with van der Waals surface area (Å²) < 4.78 is 7.28. The highest BCUT2D eigenvalue weighted by Crippen LogP contribution is 2.32. The van der Waals surface area contributed by atoms with Crippen molar-refractivity contribution in [2.24, 2.45) is 7.05 Å². The number of hydrogen-bond donors (Lipinski definition) is 0. The molecular weight excluding hydrogens is 354 g/mol. The summed E-state index contributed by atoms with van der Waals surface area (Å²) in [7, 11) is 1.87. The second-order valence-corrected chi connectivity index (χ2v) is 7.90. The Hall–Kier alpha value is -3.22. The first-order chi connectivity index (χ1) is 13.3. The van der Waals surface area contributed by atoms with E-state index < -0.39 is 5.60 Å². The molecule has 0 radical (unpaired) electrons. The zero-order valence-electron chi connectivity index (χ0n) is 16.5. The zero-order chi connectivity index (χ0) is 19.9. The van der Waals surface area contributed by atoms with Crippen LogP contribution in [0.5, 0.6) is 0 Å².